The molecule has 0 atom stereocenters. The maximum absolute atomic E-state index is 9.08. The number of fused-ring (bicyclic) bond motifs is 1. The molecule has 0 unspecified atom stereocenters. The van der Waals surface area contributed by atoms with Crippen LogP contribution in [0.5, 0.6) is 0 Å². The van der Waals surface area contributed by atoms with Crippen LogP contribution in [0.3, 0.4) is 0 Å². The molecule has 17 heavy (non-hydrogen) atoms. The van der Waals surface area contributed by atoms with Gasteiger partial charge in [-0.25, -0.2) is 0 Å². The summed E-state index contributed by atoms with van der Waals surface area (Å²) in [7, 11) is 0. The van der Waals surface area contributed by atoms with E-state index in [1.54, 1.807) is 6.20 Å². The maximum Gasteiger partial charge on any atom is 0.103 e. The number of anilines is 1. The highest BCUT2D eigenvalue weighted by molar-refractivity contribution is 5.93. The zero-order valence-electron chi connectivity index (χ0n) is 9.48. The predicted molar refractivity (Wildman–Crippen MR) is 68.6 cm³/mol. The van der Waals surface area contributed by atoms with Crippen molar-refractivity contribution >= 4 is 16.6 Å². The molecule has 0 saturated carbocycles. The summed E-state index contributed by atoms with van der Waals surface area (Å²) in [6, 6.07) is 9.94. The van der Waals surface area contributed by atoms with Crippen LogP contribution in [0.25, 0.3) is 10.9 Å². The van der Waals surface area contributed by atoms with Crippen LogP contribution >= 0.6 is 0 Å². The van der Waals surface area contributed by atoms with Crippen LogP contribution in [0.4, 0.5) is 5.69 Å². The van der Waals surface area contributed by atoms with Crippen LogP contribution in [0.15, 0.2) is 30.5 Å². The van der Waals surface area contributed by atoms with E-state index >= 15 is 0 Å². The minimum absolute atomic E-state index is 0.570. The van der Waals surface area contributed by atoms with E-state index in [1.807, 2.05) is 24.3 Å². The second kappa shape index (κ2) is 5.28. The highest BCUT2D eigenvalue weighted by atomic mass is 14.9. The largest absolute Gasteiger partial charge is 0.383 e. The van der Waals surface area contributed by atoms with Crippen molar-refractivity contribution < 1.29 is 0 Å². The van der Waals surface area contributed by atoms with E-state index in [2.05, 4.69) is 16.4 Å². The molecule has 0 saturated heterocycles. The number of nitrogens with one attached hydrogen (secondary N) is 1. The monoisotopic (exact) mass is 226 g/mol. The average Bonchev–Trinajstić information content (AvgIpc) is 2.39. The molecule has 4 nitrogen and oxygen atoms in total. The number of pyridine rings is 1. The first-order chi connectivity index (χ1) is 8.36. The maximum atomic E-state index is 9.08. The zero-order chi connectivity index (χ0) is 12.1. The molecule has 2 aromatic rings. The lowest BCUT2D eigenvalue weighted by atomic mass is 10.1. The van der Waals surface area contributed by atoms with Crippen molar-refractivity contribution in [2.24, 2.45) is 5.73 Å². The molecule has 0 fully saturated rings. The molecule has 4 heteroatoms. The number of hydrogen-bond acceptors (Lipinski definition) is 4. The third kappa shape index (κ3) is 2.35. The van der Waals surface area contributed by atoms with Crippen LogP contribution in [0.1, 0.15) is 12.0 Å². The first kappa shape index (κ1) is 11.4. The highest BCUT2D eigenvalue weighted by Crippen LogP contribution is 2.25. The van der Waals surface area contributed by atoms with Gasteiger partial charge in [0.25, 0.3) is 0 Å². The molecule has 1 heterocycles. The van der Waals surface area contributed by atoms with E-state index in [0.717, 1.165) is 29.6 Å². The number of benzene rings is 1. The SMILES string of the molecule is N#Cc1cnc2ccccc2c1NCCCN. The van der Waals surface area contributed by atoms with Crippen LogP contribution in [0, 0.1) is 11.3 Å². The zero-order valence-corrected chi connectivity index (χ0v) is 9.48. The van der Waals surface area contributed by atoms with E-state index in [1.165, 1.54) is 0 Å². The van der Waals surface area contributed by atoms with Gasteiger partial charge in [-0.2, -0.15) is 5.26 Å². The van der Waals surface area contributed by atoms with Gasteiger partial charge in [-0.1, -0.05) is 18.2 Å². The van der Waals surface area contributed by atoms with E-state index < -0.39 is 0 Å². The van der Waals surface area contributed by atoms with E-state index in [-0.39, 0.29) is 0 Å². The van der Waals surface area contributed by atoms with Crippen LogP contribution in [0.2, 0.25) is 0 Å². The van der Waals surface area contributed by atoms with Gasteiger partial charge in [0.05, 0.1) is 16.8 Å². The van der Waals surface area contributed by atoms with Crippen molar-refractivity contribution in [1.29, 1.82) is 5.26 Å². The topological polar surface area (TPSA) is 74.7 Å². The molecule has 3 N–H and O–H groups in total. The fraction of sp³-hybridized carbons (Fsp3) is 0.231. The Bertz CT molecular complexity index is 557. The van der Waals surface area contributed by atoms with Crippen LogP contribution < -0.4 is 11.1 Å². The summed E-state index contributed by atoms with van der Waals surface area (Å²) in [6.45, 7) is 1.40. The van der Waals surface area contributed by atoms with Gasteiger partial charge >= 0.3 is 0 Å². The van der Waals surface area contributed by atoms with Crippen molar-refractivity contribution in [1.82, 2.24) is 4.98 Å². The lowest BCUT2D eigenvalue weighted by Crippen LogP contribution is -2.09. The molecule has 0 aliphatic heterocycles. The second-order valence-electron chi connectivity index (χ2n) is 3.74. The van der Waals surface area contributed by atoms with Crippen molar-refractivity contribution in [3.8, 4) is 6.07 Å². The summed E-state index contributed by atoms with van der Waals surface area (Å²) in [5.74, 6) is 0. The van der Waals surface area contributed by atoms with Gasteiger partial charge in [0.1, 0.15) is 6.07 Å². The molecule has 0 aliphatic rings. The van der Waals surface area contributed by atoms with Gasteiger partial charge in [-0.05, 0) is 19.0 Å². The summed E-state index contributed by atoms with van der Waals surface area (Å²) in [5.41, 5.74) is 7.77. The molecular formula is C13H14N4. The quantitative estimate of drug-likeness (QED) is 0.780. The van der Waals surface area contributed by atoms with Crippen LogP contribution in [-0.4, -0.2) is 18.1 Å². The van der Waals surface area contributed by atoms with Gasteiger partial charge in [-0.15, -0.1) is 0 Å². The van der Waals surface area contributed by atoms with E-state index in [4.69, 9.17) is 11.0 Å². The van der Waals surface area contributed by atoms with Gasteiger partial charge in [0, 0.05) is 18.1 Å². The fourth-order valence-electron chi connectivity index (χ4n) is 1.73. The van der Waals surface area contributed by atoms with Crippen LogP contribution in [-0.2, 0) is 0 Å². The molecule has 0 aliphatic carbocycles. The van der Waals surface area contributed by atoms with Crippen molar-refractivity contribution in [2.45, 2.75) is 6.42 Å². The Morgan fingerprint density at radius 2 is 2.18 bits per heavy atom. The molecular weight excluding hydrogens is 212 g/mol. The lowest BCUT2D eigenvalue weighted by molar-refractivity contribution is 0.875. The molecule has 1 aromatic carbocycles. The summed E-state index contributed by atoms with van der Waals surface area (Å²) in [5, 5.41) is 13.3. The number of nitrogens with zero attached hydrogens (tertiary/aromatic N) is 2. The Morgan fingerprint density at radius 3 is 2.94 bits per heavy atom. The normalized spacial score (nSPS) is 10.1. The van der Waals surface area contributed by atoms with Gasteiger partial charge in [0.2, 0.25) is 0 Å². The smallest absolute Gasteiger partial charge is 0.103 e. The number of para-hydroxylation sites is 1. The summed E-state index contributed by atoms with van der Waals surface area (Å²) >= 11 is 0. The number of nitrogens with two attached hydrogens (primary N) is 1. The van der Waals surface area contributed by atoms with Gasteiger partial charge in [-0.3, -0.25) is 4.98 Å². The number of rotatable bonds is 4. The van der Waals surface area contributed by atoms with Gasteiger partial charge < -0.3 is 11.1 Å². The second-order valence-corrected chi connectivity index (χ2v) is 3.74. The third-order valence-electron chi connectivity index (χ3n) is 2.58. The first-order valence-corrected chi connectivity index (χ1v) is 5.58. The number of aromatic nitrogens is 1. The summed E-state index contributed by atoms with van der Waals surface area (Å²) in [6.07, 6.45) is 2.48. The first-order valence-electron chi connectivity index (χ1n) is 5.58. The number of nitriles is 1. The summed E-state index contributed by atoms with van der Waals surface area (Å²) in [4.78, 5) is 4.25. The fourth-order valence-corrected chi connectivity index (χ4v) is 1.73. The third-order valence-corrected chi connectivity index (χ3v) is 2.58. The average molecular weight is 226 g/mol. The molecule has 0 amide bonds. The van der Waals surface area contributed by atoms with E-state index in [0.29, 0.717) is 12.1 Å². The van der Waals surface area contributed by atoms with Crippen molar-refractivity contribution in [3.63, 3.8) is 0 Å². The Labute approximate surface area is 100 Å². The molecule has 0 bridgehead atoms. The van der Waals surface area contributed by atoms with Crippen molar-refractivity contribution in [3.05, 3.63) is 36.0 Å². The van der Waals surface area contributed by atoms with Crippen molar-refractivity contribution in [2.75, 3.05) is 18.4 Å². The molecule has 0 radical (unpaired) electrons. The Morgan fingerprint density at radius 1 is 1.35 bits per heavy atom. The Balaban J connectivity index is 2.45. The minimum atomic E-state index is 0.570. The van der Waals surface area contributed by atoms with Gasteiger partial charge in [0.15, 0.2) is 0 Å². The lowest BCUT2D eigenvalue weighted by Gasteiger charge is -2.10. The summed E-state index contributed by atoms with van der Waals surface area (Å²) < 4.78 is 0. The Hall–Kier alpha value is -2.12. The molecule has 2 rings (SSSR count). The molecule has 1 aromatic heterocycles. The molecule has 0 spiro atoms. The Kier molecular flexibility index (Phi) is 3.53. The van der Waals surface area contributed by atoms with E-state index in [9.17, 15) is 0 Å². The number of hydrogen-bond donors (Lipinski definition) is 2. The predicted octanol–water partition coefficient (Wildman–Crippen LogP) is 1.87. The standard InChI is InChI=1S/C13H14N4/c14-6-3-7-16-13-10(8-15)9-17-12-5-2-1-4-11(12)13/h1-2,4-5,9H,3,6-7,14H2,(H,16,17). The minimum Gasteiger partial charge on any atom is -0.383 e. The highest BCUT2D eigenvalue weighted by Gasteiger charge is 2.07. The molecule has 86 valence electrons.